The van der Waals surface area contributed by atoms with Crippen LogP contribution < -0.4 is 5.43 Å². The monoisotopic (exact) mass is 314 g/mol. The van der Waals surface area contributed by atoms with E-state index in [9.17, 15) is 9.18 Å². The van der Waals surface area contributed by atoms with Crippen molar-refractivity contribution in [2.24, 2.45) is 5.10 Å². The number of amides is 1. The second kappa shape index (κ2) is 6.36. The molecule has 22 heavy (non-hydrogen) atoms. The summed E-state index contributed by atoms with van der Waals surface area (Å²) < 4.78 is 19.1. The predicted octanol–water partition coefficient (Wildman–Crippen LogP) is 3.91. The molecule has 4 nitrogen and oxygen atoms in total. The standard InChI is InChI=1S/C16H11FN2O2S/c17-13-5-2-1-4-12(13)14-8-7-11(21-14)10-18-19-16(20)15-6-3-9-22-15/h1-10H,(H,19,20)/b18-10-. The van der Waals surface area contributed by atoms with Gasteiger partial charge in [-0.25, -0.2) is 9.82 Å². The van der Waals surface area contributed by atoms with Crippen molar-refractivity contribution in [1.82, 2.24) is 5.43 Å². The number of halogens is 1. The second-order valence-corrected chi connectivity index (χ2v) is 5.31. The highest BCUT2D eigenvalue weighted by atomic mass is 32.1. The molecular formula is C16H11FN2O2S. The minimum atomic E-state index is -0.355. The van der Waals surface area contributed by atoms with Gasteiger partial charge in [-0.2, -0.15) is 5.10 Å². The van der Waals surface area contributed by atoms with Crippen LogP contribution in [0.2, 0.25) is 0 Å². The predicted molar refractivity (Wildman–Crippen MR) is 83.5 cm³/mol. The van der Waals surface area contributed by atoms with Crippen molar-refractivity contribution in [3.8, 4) is 11.3 Å². The Bertz CT molecular complexity index is 809. The molecule has 0 bridgehead atoms. The zero-order valence-electron chi connectivity index (χ0n) is 11.3. The first-order chi connectivity index (χ1) is 10.7. The third kappa shape index (κ3) is 3.12. The normalized spacial score (nSPS) is 11.0. The van der Waals surface area contributed by atoms with Crippen molar-refractivity contribution in [3.05, 3.63) is 70.4 Å². The van der Waals surface area contributed by atoms with Gasteiger partial charge in [0.25, 0.3) is 5.91 Å². The number of hydrogen-bond acceptors (Lipinski definition) is 4. The van der Waals surface area contributed by atoms with Gasteiger partial charge in [-0.15, -0.1) is 11.3 Å². The van der Waals surface area contributed by atoms with Gasteiger partial charge in [0, 0.05) is 0 Å². The molecule has 0 fully saturated rings. The number of nitrogens with one attached hydrogen (secondary N) is 1. The Kier molecular flexibility index (Phi) is 4.11. The van der Waals surface area contributed by atoms with E-state index in [4.69, 9.17) is 4.42 Å². The summed E-state index contributed by atoms with van der Waals surface area (Å²) in [5, 5.41) is 5.63. The molecule has 0 saturated heterocycles. The molecule has 0 aliphatic heterocycles. The third-order valence-electron chi connectivity index (χ3n) is 2.87. The molecule has 3 rings (SSSR count). The maximum absolute atomic E-state index is 13.7. The van der Waals surface area contributed by atoms with Crippen LogP contribution in [-0.2, 0) is 0 Å². The lowest BCUT2D eigenvalue weighted by Gasteiger charge is -1.97. The summed E-state index contributed by atoms with van der Waals surface area (Å²) in [7, 11) is 0. The van der Waals surface area contributed by atoms with Gasteiger partial charge in [-0.3, -0.25) is 4.79 Å². The van der Waals surface area contributed by atoms with Crippen LogP contribution in [0.3, 0.4) is 0 Å². The fourth-order valence-electron chi connectivity index (χ4n) is 1.85. The molecule has 0 saturated carbocycles. The average Bonchev–Trinajstić information content (AvgIpc) is 3.19. The van der Waals surface area contributed by atoms with Crippen LogP contribution in [0.4, 0.5) is 4.39 Å². The highest BCUT2D eigenvalue weighted by Crippen LogP contribution is 2.24. The van der Waals surface area contributed by atoms with Crippen molar-refractivity contribution < 1.29 is 13.6 Å². The van der Waals surface area contributed by atoms with E-state index >= 15 is 0 Å². The summed E-state index contributed by atoms with van der Waals surface area (Å²) in [6.45, 7) is 0. The van der Waals surface area contributed by atoms with Crippen molar-refractivity contribution in [2.45, 2.75) is 0 Å². The molecule has 0 aliphatic carbocycles. The number of carbonyl (C=O) groups is 1. The van der Waals surface area contributed by atoms with Gasteiger partial charge in [0.05, 0.1) is 16.7 Å². The fraction of sp³-hybridized carbons (Fsp3) is 0. The zero-order valence-corrected chi connectivity index (χ0v) is 12.1. The zero-order chi connectivity index (χ0) is 15.4. The quantitative estimate of drug-likeness (QED) is 0.586. The number of rotatable bonds is 4. The number of thiophene rings is 1. The molecule has 1 N–H and O–H groups in total. The number of hydrogen-bond donors (Lipinski definition) is 1. The van der Waals surface area contributed by atoms with Crippen LogP contribution in [0.5, 0.6) is 0 Å². The van der Waals surface area contributed by atoms with Crippen molar-refractivity contribution in [2.75, 3.05) is 0 Å². The molecule has 0 unspecified atom stereocenters. The molecule has 6 heteroatoms. The second-order valence-electron chi connectivity index (χ2n) is 4.36. The molecule has 0 radical (unpaired) electrons. The van der Waals surface area contributed by atoms with E-state index in [2.05, 4.69) is 10.5 Å². The smallest absolute Gasteiger partial charge is 0.281 e. The average molecular weight is 314 g/mol. The Morgan fingerprint density at radius 1 is 1.18 bits per heavy atom. The van der Waals surface area contributed by atoms with Gasteiger partial charge in [-0.1, -0.05) is 18.2 Å². The van der Waals surface area contributed by atoms with E-state index in [1.165, 1.54) is 23.6 Å². The van der Waals surface area contributed by atoms with E-state index in [1.807, 2.05) is 5.38 Å². The third-order valence-corrected chi connectivity index (χ3v) is 3.74. The lowest BCUT2D eigenvalue weighted by atomic mass is 10.1. The summed E-state index contributed by atoms with van der Waals surface area (Å²) in [5.41, 5.74) is 2.78. The van der Waals surface area contributed by atoms with E-state index in [1.54, 1.807) is 42.5 Å². The van der Waals surface area contributed by atoms with Gasteiger partial charge in [0.15, 0.2) is 0 Å². The maximum atomic E-state index is 13.7. The molecule has 1 amide bonds. The molecule has 0 atom stereocenters. The van der Waals surface area contributed by atoms with Crippen LogP contribution in [0.1, 0.15) is 15.4 Å². The molecule has 2 aromatic heterocycles. The summed E-state index contributed by atoms with van der Waals surface area (Å²) in [4.78, 5) is 12.2. The topological polar surface area (TPSA) is 54.6 Å². The number of furan rings is 1. The Hall–Kier alpha value is -2.73. The van der Waals surface area contributed by atoms with Crippen LogP contribution in [0, 0.1) is 5.82 Å². The Morgan fingerprint density at radius 3 is 2.82 bits per heavy atom. The molecule has 3 aromatic rings. The Labute approximate surface area is 129 Å². The lowest BCUT2D eigenvalue weighted by molar-refractivity contribution is 0.0959. The van der Waals surface area contributed by atoms with Gasteiger partial charge < -0.3 is 4.42 Å². The van der Waals surface area contributed by atoms with E-state index in [0.717, 1.165) is 0 Å². The minimum Gasteiger partial charge on any atom is -0.455 e. The first-order valence-electron chi connectivity index (χ1n) is 6.46. The van der Waals surface area contributed by atoms with Crippen molar-refractivity contribution in [1.29, 1.82) is 0 Å². The first-order valence-corrected chi connectivity index (χ1v) is 7.33. The van der Waals surface area contributed by atoms with E-state index < -0.39 is 0 Å². The number of nitrogens with zero attached hydrogens (tertiary/aromatic N) is 1. The van der Waals surface area contributed by atoms with Crippen LogP contribution in [-0.4, -0.2) is 12.1 Å². The van der Waals surface area contributed by atoms with Crippen LogP contribution >= 0.6 is 11.3 Å². The van der Waals surface area contributed by atoms with Crippen LogP contribution in [0.15, 0.2) is 63.4 Å². The Balaban J connectivity index is 1.68. The highest BCUT2D eigenvalue weighted by Gasteiger charge is 2.08. The maximum Gasteiger partial charge on any atom is 0.281 e. The van der Waals surface area contributed by atoms with Crippen LogP contribution in [0.25, 0.3) is 11.3 Å². The summed E-state index contributed by atoms with van der Waals surface area (Å²) in [6.07, 6.45) is 1.37. The summed E-state index contributed by atoms with van der Waals surface area (Å²) in [5.74, 6) is 0.187. The first kappa shape index (κ1) is 14.2. The molecule has 0 spiro atoms. The number of benzene rings is 1. The van der Waals surface area contributed by atoms with Gasteiger partial charge in [0.1, 0.15) is 17.3 Å². The largest absolute Gasteiger partial charge is 0.455 e. The number of hydrazone groups is 1. The molecular weight excluding hydrogens is 303 g/mol. The van der Waals surface area contributed by atoms with Crippen molar-refractivity contribution >= 4 is 23.5 Å². The minimum absolute atomic E-state index is 0.285. The molecule has 0 aliphatic rings. The summed E-state index contributed by atoms with van der Waals surface area (Å²) >= 11 is 1.33. The SMILES string of the molecule is O=C(N/N=C\c1ccc(-c2ccccc2F)o1)c1cccs1. The molecule has 1 aromatic carbocycles. The number of carbonyl (C=O) groups excluding carboxylic acids is 1. The highest BCUT2D eigenvalue weighted by molar-refractivity contribution is 7.12. The molecule has 2 heterocycles. The molecule has 110 valence electrons. The summed E-state index contributed by atoms with van der Waals surface area (Å²) in [6, 6.07) is 13.2. The van der Waals surface area contributed by atoms with Gasteiger partial charge in [0.2, 0.25) is 0 Å². The van der Waals surface area contributed by atoms with E-state index in [-0.39, 0.29) is 11.7 Å². The Morgan fingerprint density at radius 2 is 2.05 bits per heavy atom. The fourth-order valence-corrected chi connectivity index (χ4v) is 2.46. The van der Waals surface area contributed by atoms with E-state index in [0.29, 0.717) is 22.0 Å². The van der Waals surface area contributed by atoms with Crippen molar-refractivity contribution in [3.63, 3.8) is 0 Å². The van der Waals surface area contributed by atoms with Gasteiger partial charge >= 0.3 is 0 Å². The van der Waals surface area contributed by atoms with Gasteiger partial charge in [-0.05, 0) is 35.7 Å². The lowest BCUT2D eigenvalue weighted by Crippen LogP contribution is -2.15.